The summed E-state index contributed by atoms with van der Waals surface area (Å²) in [4.78, 5) is 12.7. The Bertz CT molecular complexity index is 1140. The molecule has 0 saturated heterocycles. The zero-order valence-electron chi connectivity index (χ0n) is 15.1. The van der Waals surface area contributed by atoms with Crippen LogP contribution in [0.5, 0.6) is 0 Å². The molecule has 7 nitrogen and oxygen atoms in total. The topological polar surface area (TPSA) is 77.8 Å². The number of methoxy groups -OCH3 is 1. The molecule has 142 valence electrons. The number of nitrogens with one attached hydrogen (secondary N) is 1. The normalized spacial score (nSPS) is 11.1. The van der Waals surface area contributed by atoms with Crippen LogP contribution in [0.4, 0.5) is 11.6 Å². The monoisotopic (exact) mass is 414 g/mol. The molecule has 0 spiro atoms. The van der Waals surface area contributed by atoms with E-state index in [0.29, 0.717) is 34.0 Å². The average molecular weight is 415 g/mol. The van der Waals surface area contributed by atoms with Crippen molar-refractivity contribution in [3.05, 3.63) is 64.3 Å². The lowest BCUT2D eigenvalue weighted by atomic mass is 10.2. The predicted molar refractivity (Wildman–Crippen MR) is 110 cm³/mol. The Balaban J connectivity index is 1.77. The van der Waals surface area contributed by atoms with Gasteiger partial charge in [0.1, 0.15) is 23.7 Å². The molecule has 1 aromatic carbocycles. The van der Waals surface area contributed by atoms with Gasteiger partial charge in [-0.05, 0) is 24.6 Å². The molecule has 1 N–H and O–H groups in total. The van der Waals surface area contributed by atoms with Crippen LogP contribution in [-0.4, -0.2) is 31.8 Å². The van der Waals surface area contributed by atoms with E-state index >= 15 is 0 Å². The Morgan fingerprint density at radius 3 is 2.46 bits per heavy atom. The molecule has 9 heteroatoms. The third kappa shape index (κ3) is 3.64. The van der Waals surface area contributed by atoms with E-state index in [1.807, 2.05) is 31.2 Å². The molecule has 0 aliphatic heterocycles. The molecule has 0 radical (unpaired) electrons. The van der Waals surface area contributed by atoms with Crippen LogP contribution < -0.4 is 5.32 Å². The van der Waals surface area contributed by atoms with Gasteiger partial charge in [0.2, 0.25) is 0 Å². The number of aryl methyl sites for hydroxylation is 1. The molecule has 0 bridgehead atoms. The first-order chi connectivity index (χ1) is 13.5. The van der Waals surface area contributed by atoms with Crippen LogP contribution in [0, 0.1) is 6.92 Å². The van der Waals surface area contributed by atoms with Gasteiger partial charge >= 0.3 is 0 Å². The van der Waals surface area contributed by atoms with Crippen LogP contribution in [0.2, 0.25) is 10.0 Å². The minimum atomic E-state index is 0.427. The maximum atomic E-state index is 6.50. The summed E-state index contributed by atoms with van der Waals surface area (Å²) < 4.78 is 6.86. The average Bonchev–Trinajstić information content (AvgIpc) is 3.05. The van der Waals surface area contributed by atoms with E-state index in [-0.39, 0.29) is 0 Å². The lowest BCUT2D eigenvalue weighted by Gasteiger charge is -2.11. The third-order valence-electron chi connectivity index (χ3n) is 4.11. The van der Waals surface area contributed by atoms with Gasteiger partial charge < -0.3 is 10.1 Å². The maximum Gasteiger partial charge on any atom is 0.135 e. The van der Waals surface area contributed by atoms with Crippen LogP contribution in [0.1, 0.15) is 11.3 Å². The number of anilines is 2. The van der Waals surface area contributed by atoms with Crippen LogP contribution >= 0.6 is 23.2 Å². The second-order valence-corrected chi connectivity index (χ2v) is 7.01. The molecule has 0 saturated carbocycles. The van der Waals surface area contributed by atoms with Gasteiger partial charge in [-0.2, -0.15) is 5.10 Å². The van der Waals surface area contributed by atoms with Gasteiger partial charge in [0, 0.05) is 36.5 Å². The van der Waals surface area contributed by atoms with Crippen LogP contribution in [0.25, 0.3) is 16.6 Å². The maximum absolute atomic E-state index is 6.50. The summed E-state index contributed by atoms with van der Waals surface area (Å²) in [5.41, 5.74) is 3.17. The van der Waals surface area contributed by atoms with Crippen molar-refractivity contribution in [1.82, 2.24) is 24.7 Å². The summed E-state index contributed by atoms with van der Waals surface area (Å²) in [6, 6.07) is 7.36. The standard InChI is InChI=1S/C19H16Cl2N6O/c1-11-3-17(24-10-23-11)26-18-6-16-13(7-22-18)8-25-27(16)19-14(20)4-12(9-28-2)5-15(19)21/h3-8,10H,9H2,1-2H3,(H,22,23,24,26). The summed E-state index contributed by atoms with van der Waals surface area (Å²) in [6.45, 7) is 2.33. The quantitative estimate of drug-likeness (QED) is 0.509. The highest BCUT2D eigenvalue weighted by Crippen LogP contribution is 2.33. The van der Waals surface area contributed by atoms with Gasteiger partial charge in [0.15, 0.2) is 0 Å². The summed E-state index contributed by atoms with van der Waals surface area (Å²) in [5, 5.41) is 9.46. The van der Waals surface area contributed by atoms with E-state index in [9.17, 15) is 0 Å². The SMILES string of the molecule is COCc1cc(Cl)c(-n2ncc3cnc(Nc4cc(C)ncn4)cc32)c(Cl)c1. The Labute approximate surface area is 171 Å². The van der Waals surface area contributed by atoms with Gasteiger partial charge in [-0.25, -0.2) is 19.6 Å². The van der Waals surface area contributed by atoms with Crippen molar-refractivity contribution in [2.75, 3.05) is 12.4 Å². The minimum Gasteiger partial charge on any atom is -0.380 e. The molecule has 3 heterocycles. The minimum absolute atomic E-state index is 0.427. The molecular weight excluding hydrogens is 399 g/mol. The van der Waals surface area contributed by atoms with Crippen LogP contribution in [0.15, 0.2) is 43.0 Å². The molecule has 0 fully saturated rings. The van der Waals surface area contributed by atoms with E-state index < -0.39 is 0 Å². The molecule has 0 aliphatic rings. The Hall–Kier alpha value is -2.74. The molecule has 4 rings (SSSR count). The highest BCUT2D eigenvalue weighted by atomic mass is 35.5. The number of rotatable bonds is 5. The van der Waals surface area contributed by atoms with Crippen molar-refractivity contribution in [3.8, 4) is 5.69 Å². The zero-order chi connectivity index (χ0) is 19.7. The number of ether oxygens (including phenoxy) is 1. The molecule has 0 atom stereocenters. The fourth-order valence-electron chi connectivity index (χ4n) is 2.89. The predicted octanol–water partition coefficient (Wildman–Crippen LogP) is 4.72. The highest BCUT2D eigenvalue weighted by Gasteiger charge is 2.15. The van der Waals surface area contributed by atoms with Gasteiger partial charge in [0.05, 0.1) is 28.4 Å². The lowest BCUT2D eigenvalue weighted by Crippen LogP contribution is -2.01. The number of pyridine rings is 1. The Kier molecular flexibility index (Phi) is 5.13. The van der Waals surface area contributed by atoms with Gasteiger partial charge in [-0.15, -0.1) is 0 Å². The molecule has 4 aromatic rings. The van der Waals surface area contributed by atoms with Crippen molar-refractivity contribution in [1.29, 1.82) is 0 Å². The number of aromatic nitrogens is 5. The highest BCUT2D eigenvalue weighted by molar-refractivity contribution is 6.38. The largest absolute Gasteiger partial charge is 0.380 e. The number of fused-ring (bicyclic) bond motifs is 1. The van der Waals surface area contributed by atoms with Crippen molar-refractivity contribution < 1.29 is 4.74 Å². The smallest absolute Gasteiger partial charge is 0.135 e. The third-order valence-corrected chi connectivity index (χ3v) is 4.69. The molecule has 0 amide bonds. The fourth-order valence-corrected chi connectivity index (χ4v) is 3.58. The molecule has 0 aliphatic carbocycles. The van der Waals surface area contributed by atoms with Crippen molar-refractivity contribution >= 4 is 45.7 Å². The van der Waals surface area contributed by atoms with Gasteiger partial charge in [0.25, 0.3) is 0 Å². The second-order valence-electron chi connectivity index (χ2n) is 6.20. The van der Waals surface area contributed by atoms with E-state index in [2.05, 4.69) is 25.4 Å². The lowest BCUT2D eigenvalue weighted by molar-refractivity contribution is 0.185. The van der Waals surface area contributed by atoms with Crippen molar-refractivity contribution in [3.63, 3.8) is 0 Å². The summed E-state index contributed by atoms with van der Waals surface area (Å²) >= 11 is 13.0. The second kappa shape index (κ2) is 7.71. The summed E-state index contributed by atoms with van der Waals surface area (Å²) in [7, 11) is 1.62. The van der Waals surface area contributed by atoms with E-state index in [1.165, 1.54) is 6.33 Å². The van der Waals surface area contributed by atoms with Crippen molar-refractivity contribution in [2.24, 2.45) is 0 Å². The Morgan fingerprint density at radius 2 is 1.75 bits per heavy atom. The van der Waals surface area contributed by atoms with Gasteiger partial charge in [-0.3, -0.25) is 0 Å². The molecule has 28 heavy (non-hydrogen) atoms. The van der Waals surface area contributed by atoms with E-state index in [0.717, 1.165) is 22.2 Å². The number of hydrogen-bond donors (Lipinski definition) is 1. The molecule has 3 aromatic heterocycles. The van der Waals surface area contributed by atoms with E-state index in [4.69, 9.17) is 27.9 Å². The number of hydrogen-bond acceptors (Lipinski definition) is 6. The van der Waals surface area contributed by atoms with E-state index in [1.54, 1.807) is 24.2 Å². The molecule has 0 unspecified atom stereocenters. The number of halogens is 2. The zero-order valence-corrected chi connectivity index (χ0v) is 16.7. The summed E-state index contributed by atoms with van der Waals surface area (Å²) in [6.07, 6.45) is 4.95. The first kappa shape index (κ1) is 18.6. The first-order valence-corrected chi connectivity index (χ1v) is 9.17. The van der Waals surface area contributed by atoms with Crippen molar-refractivity contribution in [2.45, 2.75) is 13.5 Å². The molecular formula is C19H16Cl2N6O. The first-order valence-electron chi connectivity index (χ1n) is 8.42. The van der Waals surface area contributed by atoms with Crippen LogP contribution in [0.3, 0.4) is 0 Å². The summed E-state index contributed by atoms with van der Waals surface area (Å²) in [5.74, 6) is 1.28. The number of nitrogens with zero attached hydrogens (tertiary/aromatic N) is 5. The van der Waals surface area contributed by atoms with Gasteiger partial charge in [-0.1, -0.05) is 23.2 Å². The Morgan fingerprint density at radius 1 is 1.00 bits per heavy atom. The number of benzene rings is 1. The van der Waals surface area contributed by atoms with Crippen LogP contribution in [-0.2, 0) is 11.3 Å². The fraction of sp³-hybridized carbons (Fsp3) is 0.158.